The Morgan fingerprint density at radius 1 is 1.32 bits per heavy atom. The summed E-state index contributed by atoms with van der Waals surface area (Å²) >= 11 is 0. The van der Waals surface area contributed by atoms with E-state index in [1.165, 1.54) is 31.7 Å². The van der Waals surface area contributed by atoms with E-state index in [4.69, 9.17) is 4.42 Å². The molecular formula is C15H17NO3. The molecule has 1 saturated carbocycles. The number of hydrogen-bond donors (Lipinski definition) is 1. The first-order chi connectivity index (χ1) is 9.13. The van der Waals surface area contributed by atoms with E-state index in [0.29, 0.717) is 29.4 Å². The lowest BCUT2D eigenvalue weighted by Crippen LogP contribution is -2.32. The van der Waals surface area contributed by atoms with Gasteiger partial charge < -0.3 is 9.73 Å². The van der Waals surface area contributed by atoms with Crippen molar-refractivity contribution in [2.75, 3.05) is 0 Å². The summed E-state index contributed by atoms with van der Waals surface area (Å²) in [7, 11) is 0. The summed E-state index contributed by atoms with van der Waals surface area (Å²) in [5.41, 5.74) is 1.61. The molecular weight excluding hydrogens is 242 g/mol. The predicted molar refractivity (Wildman–Crippen MR) is 71.0 cm³/mol. The number of carbonyl (C=O) groups excluding carboxylic acids is 1. The van der Waals surface area contributed by atoms with Crippen LogP contribution in [0.15, 0.2) is 27.6 Å². The first-order valence-corrected chi connectivity index (χ1v) is 6.78. The van der Waals surface area contributed by atoms with Gasteiger partial charge in [-0.1, -0.05) is 32.3 Å². The van der Waals surface area contributed by atoms with Crippen molar-refractivity contribution in [3.63, 3.8) is 0 Å². The number of allylic oxidation sites excluding steroid dienone is 1. The molecule has 0 aromatic carbocycles. The third kappa shape index (κ3) is 2.35. The Bertz CT molecular complexity index is 594. The van der Waals surface area contributed by atoms with Crippen molar-refractivity contribution < 1.29 is 9.21 Å². The quantitative estimate of drug-likeness (QED) is 0.885. The van der Waals surface area contributed by atoms with Gasteiger partial charge in [0.15, 0.2) is 0 Å². The lowest BCUT2D eigenvalue weighted by molar-refractivity contribution is 0.0952. The normalized spacial score (nSPS) is 19.4. The van der Waals surface area contributed by atoms with Crippen LogP contribution in [0, 0.1) is 5.92 Å². The van der Waals surface area contributed by atoms with Crippen LogP contribution >= 0.6 is 0 Å². The van der Waals surface area contributed by atoms with Gasteiger partial charge in [-0.15, -0.1) is 0 Å². The van der Waals surface area contributed by atoms with E-state index in [2.05, 4.69) is 11.9 Å². The maximum absolute atomic E-state index is 12.1. The van der Waals surface area contributed by atoms with Crippen LogP contribution in [0.5, 0.6) is 0 Å². The SMILES string of the molecule is C=C1Cc2oc(=O)cc(CC3CCCC3)c2C(=O)N1. The molecule has 0 unspecified atom stereocenters. The van der Waals surface area contributed by atoms with Crippen molar-refractivity contribution in [3.05, 3.63) is 45.6 Å². The monoisotopic (exact) mass is 259 g/mol. The summed E-state index contributed by atoms with van der Waals surface area (Å²) in [6.07, 6.45) is 6.07. The van der Waals surface area contributed by atoms with Gasteiger partial charge in [0.2, 0.25) is 0 Å². The van der Waals surface area contributed by atoms with Gasteiger partial charge in [0.05, 0.1) is 5.56 Å². The zero-order valence-electron chi connectivity index (χ0n) is 10.8. The molecule has 1 N–H and O–H groups in total. The Hall–Kier alpha value is -1.84. The fourth-order valence-corrected chi connectivity index (χ4v) is 3.14. The van der Waals surface area contributed by atoms with Crippen LogP contribution in [0.2, 0.25) is 0 Å². The molecule has 0 atom stereocenters. The zero-order valence-corrected chi connectivity index (χ0v) is 10.8. The van der Waals surface area contributed by atoms with Gasteiger partial charge in [0.1, 0.15) is 5.76 Å². The number of hydrogen-bond acceptors (Lipinski definition) is 3. The van der Waals surface area contributed by atoms with Crippen molar-refractivity contribution in [1.82, 2.24) is 5.32 Å². The first-order valence-electron chi connectivity index (χ1n) is 6.78. The van der Waals surface area contributed by atoms with Crippen LogP contribution in [-0.2, 0) is 12.8 Å². The zero-order chi connectivity index (χ0) is 13.4. The Morgan fingerprint density at radius 3 is 2.79 bits per heavy atom. The van der Waals surface area contributed by atoms with Crippen LogP contribution in [0.3, 0.4) is 0 Å². The third-order valence-corrected chi connectivity index (χ3v) is 3.99. The average molecular weight is 259 g/mol. The molecule has 0 spiro atoms. The van der Waals surface area contributed by atoms with E-state index < -0.39 is 0 Å². The highest BCUT2D eigenvalue weighted by molar-refractivity contribution is 5.98. The maximum Gasteiger partial charge on any atom is 0.336 e. The molecule has 4 heteroatoms. The molecule has 2 heterocycles. The number of rotatable bonds is 2. The summed E-state index contributed by atoms with van der Waals surface area (Å²) in [5.74, 6) is 0.862. The van der Waals surface area contributed by atoms with Gasteiger partial charge in [0.25, 0.3) is 5.91 Å². The lowest BCUT2D eigenvalue weighted by atomic mass is 9.92. The molecule has 1 aromatic heterocycles. The minimum Gasteiger partial charge on any atom is -0.427 e. The molecule has 1 amide bonds. The molecule has 3 rings (SSSR count). The molecule has 1 aliphatic heterocycles. The van der Waals surface area contributed by atoms with Crippen LogP contribution in [0.25, 0.3) is 0 Å². The number of fused-ring (bicyclic) bond motifs is 1. The second-order valence-corrected chi connectivity index (χ2v) is 5.48. The van der Waals surface area contributed by atoms with Gasteiger partial charge in [0, 0.05) is 18.2 Å². The molecule has 4 nitrogen and oxygen atoms in total. The fourth-order valence-electron chi connectivity index (χ4n) is 3.14. The number of amides is 1. The molecule has 0 bridgehead atoms. The van der Waals surface area contributed by atoms with Gasteiger partial charge in [-0.25, -0.2) is 4.79 Å². The second-order valence-electron chi connectivity index (χ2n) is 5.48. The van der Waals surface area contributed by atoms with Crippen LogP contribution in [0.1, 0.15) is 47.4 Å². The van der Waals surface area contributed by atoms with Crippen molar-refractivity contribution >= 4 is 5.91 Å². The highest BCUT2D eigenvalue weighted by Gasteiger charge is 2.27. The topological polar surface area (TPSA) is 59.3 Å². The molecule has 1 aromatic rings. The van der Waals surface area contributed by atoms with Crippen LogP contribution in [-0.4, -0.2) is 5.91 Å². The summed E-state index contributed by atoms with van der Waals surface area (Å²) in [4.78, 5) is 23.7. The highest BCUT2D eigenvalue weighted by atomic mass is 16.4. The van der Waals surface area contributed by atoms with Gasteiger partial charge >= 0.3 is 5.63 Å². The van der Waals surface area contributed by atoms with E-state index in [0.717, 1.165) is 12.0 Å². The summed E-state index contributed by atoms with van der Waals surface area (Å²) in [6.45, 7) is 3.73. The number of nitrogens with one attached hydrogen (secondary N) is 1. The Morgan fingerprint density at radius 2 is 2.05 bits per heavy atom. The van der Waals surface area contributed by atoms with E-state index in [1.807, 2.05) is 0 Å². The van der Waals surface area contributed by atoms with Gasteiger partial charge in [-0.05, 0) is 17.9 Å². The predicted octanol–water partition coefficient (Wildman–Crippen LogP) is 2.17. The highest BCUT2D eigenvalue weighted by Crippen LogP contribution is 2.30. The van der Waals surface area contributed by atoms with E-state index in [-0.39, 0.29) is 11.5 Å². The molecule has 1 fully saturated rings. The van der Waals surface area contributed by atoms with Gasteiger partial charge in [-0.2, -0.15) is 0 Å². The van der Waals surface area contributed by atoms with E-state index >= 15 is 0 Å². The molecule has 19 heavy (non-hydrogen) atoms. The minimum absolute atomic E-state index is 0.192. The van der Waals surface area contributed by atoms with E-state index in [9.17, 15) is 9.59 Å². The summed E-state index contributed by atoms with van der Waals surface area (Å²) in [6, 6.07) is 1.48. The molecule has 0 saturated heterocycles. The lowest BCUT2D eigenvalue weighted by Gasteiger charge is -2.20. The maximum atomic E-state index is 12.1. The summed E-state index contributed by atoms with van der Waals surface area (Å²) in [5, 5.41) is 2.72. The smallest absolute Gasteiger partial charge is 0.336 e. The standard InChI is InChI=1S/C15H17NO3/c1-9-6-12-14(15(18)16-9)11(8-13(17)19-12)7-10-4-2-3-5-10/h8,10H,1-7H2,(H,16,18). The Kier molecular flexibility index (Phi) is 3.01. The Labute approximate surface area is 111 Å². The van der Waals surface area contributed by atoms with Crippen molar-refractivity contribution in [1.29, 1.82) is 0 Å². The summed E-state index contributed by atoms with van der Waals surface area (Å²) < 4.78 is 5.17. The minimum atomic E-state index is -0.366. The average Bonchev–Trinajstić information content (AvgIpc) is 2.79. The first kappa shape index (κ1) is 12.2. The Balaban J connectivity index is 2.01. The third-order valence-electron chi connectivity index (χ3n) is 3.99. The molecule has 1 aliphatic carbocycles. The largest absolute Gasteiger partial charge is 0.427 e. The second kappa shape index (κ2) is 4.68. The van der Waals surface area contributed by atoms with Crippen molar-refractivity contribution in [3.8, 4) is 0 Å². The van der Waals surface area contributed by atoms with Crippen LogP contribution in [0.4, 0.5) is 0 Å². The molecule has 2 aliphatic rings. The van der Waals surface area contributed by atoms with Crippen LogP contribution < -0.4 is 10.9 Å². The van der Waals surface area contributed by atoms with E-state index in [1.54, 1.807) is 0 Å². The van der Waals surface area contributed by atoms with Crippen molar-refractivity contribution in [2.24, 2.45) is 5.92 Å². The molecule has 0 radical (unpaired) electrons. The fraction of sp³-hybridized carbons (Fsp3) is 0.467. The molecule has 100 valence electrons. The van der Waals surface area contributed by atoms with Gasteiger partial charge in [-0.3, -0.25) is 4.79 Å². The van der Waals surface area contributed by atoms with Crippen molar-refractivity contribution in [2.45, 2.75) is 38.5 Å². The number of carbonyl (C=O) groups is 1.